The molecule has 0 aliphatic carbocycles. The Labute approximate surface area is 79.1 Å². The van der Waals surface area contributed by atoms with Gasteiger partial charge in [-0.2, -0.15) is 0 Å². The van der Waals surface area contributed by atoms with Gasteiger partial charge in [-0.15, -0.1) is 0 Å². The average molecular weight is 177 g/mol. The second kappa shape index (κ2) is 4.60. The Morgan fingerprint density at radius 3 is 2.69 bits per heavy atom. The Kier molecular flexibility index (Phi) is 3.43. The van der Waals surface area contributed by atoms with Gasteiger partial charge in [0, 0.05) is 20.3 Å². The van der Waals surface area contributed by atoms with Gasteiger partial charge in [-0.1, -0.05) is 13.0 Å². The molecular weight excluding hydrogens is 162 g/mol. The third kappa shape index (κ3) is 3.23. The molecule has 0 fully saturated rings. The monoisotopic (exact) mass is 177 g/mol. The van der Waals surface area contributed by atoms with Crippen LogP contribution in [0.15, 0.2) is 23.3 Å². The predicted octanol–water partition coefficient (Wildman–Crippen LogP) is 1.87. The third-order valence-corrected chi connectivity index (χ3v) is 1.64. The maximum Gasteiger partial charge on any atom is 0.153 e. The molecule has 0 aliphatic rings. The Balaban J connectivity index is 2.69. The number of hydrogen-bond acceptors (Lipinski definition) is 2. The molecule has 0 radical (unpaired) electrons. The highest BCUT2D eigenvalue weighted by Gasteiger charge is 1.90. The first-order valence-electron chi connectivity index (χ1n) is 4.38. The predicted molar refractivity (Wildman–Crippen MR) is 55.5 cm³/mol. The molecule has 0 amide bonds. The lowest BCUT2D eigenvalue weighted by molar-refractivity contribution is 0.643. The largest absolute Gasteiger partial charge is 0.369 e. The molecule has 0 atom stereocenters. The van der Waals surface area contributed by atoms with Gasteiger partial charge in [0.25, 0.3) is 0 Å². The molecule has 70 valence electrons. The zero-order valence-electron chi connectivity index (χ0n) is 8.36. The van der Waals surface area contributed by atoms with E-state index in [4.69, 9.17) is 0 Å². The molecule has 1 aromatic rings. The smallest absolute Gasteiger partial charge is 0.153 e. The minimum Gasteiger partial charge on any atom is -0.369 e. The fourth-order valence-electron chi connectivity index (χ4n) is 0.877. The Morgan fingerprint density at radius 2 is 2.23 bits per heavy atom. The highest BCUT2D eigenvalue weighted by molar-refractivity contribution is 5.58. The van der Waals surface area contributed by atoms with Crippen molar-refractivity contribution in [2.75, 3.05) is 14.1 Å². The normalized spacial score (nSPS) is 10.7. The van der Waals surface area contributed by atoms with E-state index in [1.807, 2.05) is 31.3 Å². The van der Waals surface area contributed by atoms with E-state index >= 15 is 0 Å². The summed E-state index contributed by atoms with van der Waals surface area (Å²) < 4.78 is 0. The fourth-order valence-corrected chi connectivity index (χ4v) is 0.877. The molecule has 1 aromatic heterocycles. The van der Waals surface area contributed by atoms with Crippen LogP contribution < -0.4 is 0 Å². The molecule has 0 N–H and O–H groups in total. The van der Waals surface area contributed by atoms with Crippen LogP contribution in [0.25, 0.3) is 0 Å². The average Bonchev–Trinajstić information content (AvgIpc) is 2.15. The van der Waals surface area contributed by atoms with Crippen molar-refractivity contribution >= 4 is 12.2 Å². The number of rotatable bonds is 3. The summed E-state index contributed by atoms with van der Waals surface area (Å²) in [5, 5.41) is 0. The lowest BCUT2D eigenvalue weighted by Crippen LogP contribution is -2.07. The lowest BCUT2D eigenvalue weighted by Gasteiger charge is -2.01. The highest BCUT2D eigenvalue weighted by Crippen LogP contribution is 2.07. The van der Waals surface area contributed by atoms with Crippen LogP contribution in [0.4, 0.5) is 5.82 Å². The second-order valence-corrected chi connectivity index (χ2v) is 3.09. The molecule has 3 heteroatoms. The molecule has 0 unspecified atom stereocenters. The molecule has 1 heterocycles. The molecule has 0 spiro atoms. The van der Waals surface area contributed by atoms with Crippen molar-refractivity contribution in [1.29, 1.82) is 0 Å². The van der Waals surface area contributed by atoms with Gasteiger partial charge in [-0.05, 0) is 18.1 Å². The van der Waals surface area contributed by atoms with E-state index in [2.05, 4.69) is 23.0 Å². The zero-order chi connectivity index (χ0) is 9.68. The van der Waals surface area contributed by atoms with E-state index in [1.54, 1.807) is 6.34 Å². The number of nitrogens with zero attached hydrogens (tertiary/aromatic N) is 3. The van der Waals surface area contributed by atoms with Crippen LogP contribution in [0.2, 0.25) is 0 Å². The van der Waals surface area contributed by atoms with Crippen molar-refractivity contribution < 1.29 is 0 Å². The highest BCUT2D eigenvalue weighted by atomic mass is 15.1. The third-order valence-electron chi connectivity index (χ3n) is 1.64. The van der Waals surface area contributed by atoms with Crippen LogP contribution in [0.3, 0.4) is 0 Å². The van der Waals surface area contributed by atoms with Crippen molar-refractivity contribution in [3.8, 4) is 0 Å². The summed E-state index contributed by atoms with van der Waals surface area (Å²) in [6.07, 6.45) is 4.63. The fraction of sp³-hybridized carbons (Fsp3) is 0.400. The van der Waals surface area contributed by atoms with Gasteiger partial charge in [0.1, 0.15) is 0 Å². The number of hydrogen-bond donors (Lipinski definition) is 0. The number of aryl methyl sites for hydroxylation is 1. The van der Waals surface area contributed by atoms with Crippen molar-refractivity contribution in [2.45, 2.75) is 13.3 Å². The van der Waals surface area contributed by atoms with E-state index in [9.17, 15) is 0 Å². The number of aliphatic imine (C=N–C) groups is 1. The van der Waals surface area contributed by atoms with Gasteiger partial charge in [0.05, 0.1) is 6.34 Å². The maximum absolute atomic E-state index is 4.20. The van der Waals surface area contributed by atoms with Crippen LogP contribution in [0.5, 0.6) is 0 Å². The first kappa shape index (κ1) is 9.71. The van der Waals surface area contributed by atoms with Crippen LogP contribution in [-0.2, 0) is 6.42 Å². The van der Waals surface area contributed by atoms with Crippen molar-refractivity contribution in [2.24, 2.45) is 4.99 Å². The van der Waals surface area contributed by atoms with Gasteiger partial charge >= 0.3 is 0 Å². The minimum atomic E-state index is 0.755. The zero-order valence-corrected chi connectivity index (χ0v) is 8.36. The van der Waals surface area contributed by atoms with Crippen molar-refractivity contribution in [3.05, 3.63) is 23.9 Å². The van der Waals surface area contributed by atoms with Crippen molar-refractivity contribution in [1.82, 2.24) is 9.88 Å². The summed E-state index contributed by atoms with van der Waals surface area (Å²) in [5.74, 6) is 0.755. The van der Waals surface area contributed by atoms with E-state index in [1.165, 1.54) is 5.56 Å². The molecule has 0 aromatic carbocycles. The Bertz CT molecular complexity index is 275. The topological polar surface area (TPSA) is 28.5 Å². The minimum absolute atomic E-state index is 0.755. The molecule has 0 aliphatic heterocycles. The molecule has 0 bridgehead atoms. The van der Waals surface area contributed by atoms with Gasteiger partial charge in [-0.25, -0.2) is 9.98 Å². The maximum atomic E-state index is 4.20. The van der Waals surface area contributed by atoms with Gasteiger partial charge in [0.2, 0.25) is 0 Å². The molecule has 0 saturated carbocycles. The summed E-state index contributed by atoms with van der Waals surface area (Å²) in [6, 6.07) is 3.98. The van der Waals surface area contributed by atoms with Gasteiger partial charge < -0.3 is 4.90 Å². The number of aromatic nitrogens is 1. The first-order chi connectivity index (χ1) is 6.22. The van der Waals surface area contributed by atoms with Gasteiger partial charge in [-0.3, -0.25) is 0 Å². The van der Waals surface area contributed by atoms with Crippen LogP contribution >= 0.6 is 0 Å². The molecular formula is C10H15N3. The molecule has 0 saturated heterocycles. The lowest BCUT2D eigenvalue weighted by atomic mass is 10.2. The SMILES string of the molecule is CCc1ccc(/N=C/N(C)C)nc1. The molecule has 3 nitrogen and oxygen atoms in total. The van der Waals surface area contributed by atoms with Crippen LogP contribution in [-0.4, -0.2) is 30.3 Å². The summed E-state index contributed by atoms with van der Waals surface area (Å²) in [7, 11) is 3.87. The standard InChI is InChI=1S/C10H15N3/c1-4-9-5-6-10(11-7-9)12-8-13(2)3/h5-8H,4H2,1-3H3/b12-8+. The summed E-state index contributed by atoms with van der Waals surface area (Å²) in [5.41, 5.74) is 1.24. The summed E-state index contributed by atoms with van der Waals surface area (Å²) in [4.78, 5) is 10.3. The molecule has 13 heavy (non-hydrogen) atoms. The van der Waals surface area contributed by atoms with Crippen molar-refractivity contribution in [3.63, 3.8) is 0 Å². The summed E-state index contributed by atoms with van der Waals surface area (Å²) in [6.45, 7) is 2.11. The van der Waals surface area contributed by atoms with E-state index in [0.29, 0.717) is 0 Å². The summed E-state index contributed by atoms with van der Waals surface area (Å²) >= 11 is 0. The number of pyridine rings is 1. The first-order valence-corrected chi connectivity index (χ1v) is 4.38. The van der Waals surface area contributed by atoms with Crippen LogP contribution in [0.1, 0.15) is 12.5 Å². The second-order valence-electron chi connectivity index (χ2n) is 3.09. The molecule has 1 rings (SSSR count). The Hall–Kier alpha value is -1.38. The van der Waals surface area contributed by atoms with E-state index in [0.717, 1.165) is 12.2 Å². The Morgan fingerprint density at radius 1 is 1.46 bits per heavy atom. The van der Waals surface area contributed by atoms with Gasteiger partial charge in [0.15, 0.2) is 5.82 Å². The van der Waals surface area contributed by atoms with E-state index < -0.39 is 0 Å². The van der Waals surface area contributed by atoms with E-state index in [-0.39, 0.29) is 0 Å². The van der Waals surface area contributed by atoms with Crippen LogP contribution in [0, 0.1) is 0 Å². The quantitative estimate of drug-likeness (QED) is 0.521.